The first-order valence-corrected chi connectivity index (χ1v) is 7.58. The Bertz CT molecular complexity index is 334. The first kappa shape index (κ1) is 14.5. The van der Waals surface area contributed by atoms with Gasteiger partial charge in [-0.2, -0.15) is 0 Å². The maximum atomic E-state index is 5.09. The van der Waals surface area contributed by atoms with E-state index in [0.29, 0.717) is 0 Å². The van der Waals surface area contributed by atoms with E-state index in [1.165, 1.54) is 51.0 Å². The second-order valence-electron chi connectivity index (χ2n) is 5.62. The molecular weight excluding hydrogens is 236 g/mol. The smallest absolute Gasteiger partial charge is 0.103 e. The van der Waals surface area contributed by atoms with Crippen molar-refractivity contribution < 1.29 is 15.0 Å². The highest BCUT2D eigenvalue weighted by Crippen LogP contribution is 1.98. The van der Waals surface area contributed by atoms with Crippen molar-refractivity contribution in [3.8, 4) is 0 Å². The van der Waals surface area contributed by atoms with Crippen molar-refractivity contribution in [2.45, 2.75) is 31.8 Å². The number of piperidine rings is 1. The standard InChI is InChI=1S/C16H26N2O/c1-19-13-5-10-17-16-8-11-18(12-9-16)14-15-6-3-2-4-7-15/h2-4,6-7,16-17H,5,8-14H2,1H3/p+2. The number of rotatable bonds is 7. The molecule has 3 N–H and O–H groups in total. The van der Waals surface area contributed by atoms with Gasteiger partial charge in [0, 0.05) is 31.9 Å². The highest BCUT2D eigenvalue weighted by atomic mass is 16.5. The molecular formula is C16H28N2O+2. The van der Waals surface area contributed by atoms with Crippen LogP contribution in [0, 0.1) is 0 Å². The van der Waals surface area contributed by atoms with Gasteiger partial charge in [0.05, 0.1) is 32.3 Å². The lowest BCUT2D eigenvalue weighted by Crippen LogP contribution is -3.13. The number of benzene rings is 1. The van der Waals surface area contributed by atoms with E-state index in [1.807, 2.05) is 0 Å². The van der Waals surface area contributed by atoms with Crippen molar-refractivity contribution >= 4 is 0 Å². The van der Waals surface area contributed by atoms with Gasteiger partial charge in [-0.05, 0) is 0 Å². The number of ether oxygens (including phenoxy) is 1. The molecule has 1 aromatic carbocycles. The molecule has 0 spiro atoms. The minimum atomic E-state index is 0.844. The summed E-state index contributed by atoms with van der Waals surface area (Å²) in [5, 5.41) is 2.53. The van der Waals surface area contributed by atoms with Crippen LogP contribution >= 0.6 is 0 Å². The lowest BCUT2D eigenvalue weighted by atomic mass is 10.0. The van der Waals surface area contributed by atoms with E-state index in [9.17, 15) is 0 Å². The zero-order valence-corrected chi connectivity index (χ0v) is 12.1. The van der Waals surface area contributed by atoms with E-state index >= 15 is 0 Å². The third-order valence-corrected chi connectivity index (χ3v) is 4.09. The summed E-state index contributed by atoms with van der Waals surface area (Å²) in [5.74, 6) is 0. The highest BCUT2D eigenvalue weighted by molar-refractivity contribution is 5.13. The van der Waals surface area contributed by atoms with Gasteiger partial charge in [-0.3, -0.25) is 0 Å². The Morgan fingerprint density at radius 1 is 1.21 bits per heavy atom. The van der Waals surface area contributed by atoms with Crippen molar-refractivity contribution in [3.63, 3.8) is 0 Å². The molecule has 106 valence electrons. The Labute approximate surface area is 116 Å². The predicted octanol–water partition coefficient (Wildman–Crippen LogP) is -0.166. The average molecular weight is 264 g/mol. The quantitative estimate of drug-likeness (QED) is 0.658. The van der Waals surface area contributed by atoms with Gasteiger partial charge in [-0.15, -0.1) is 0 Å². The van der Waals surface area contributed by atoms with E-state index in [0.717, 1.165) is 12.6 Å². The molecule has 1 saturated heterocycles. The second-order valence-corrected chi connectivity index (χ2v) is 5.62. The highest BCUT2D eigenvalue weighted by Gasteiger charge is 2.23. The maximum absolute atomic E-state index is 5.09. The zero-order chi connectivity index (χ0) is 13.3. The maximum Gasteiger partial charge on any atom is 0.103 e. The molecule has 0 aliphatic carbocycles. The SMILES string of the molecule is COCCC[NH2+]C1CC[NH+](Cc2ccccc2)CC1. The summed E-state index contributed by atoms with van der Waals surface area (Å²) in [6.07, 6.45) is 3.89. The van der Waals surface area contributed by atoms with Crippen LogP contribution in [0.5, 0.6) is 0 Å². The fourth-order valence-electron chi connectivity index (χ4n) is 2.93. The van der Waals surface area contributed by atoms with E-state index in [2.05, 4.69) is 35.6 Å². The number of quaternary nitrogens is 2. The summed E-state index contributed by atoms with van der Waals surface area (Å²) in [4.78, 5) is 1.74. The Kier molecular flexibility index (Phi) is 6.34. The van der Waals surface area contributed by atoms with Crippen molar-refractivity contribution in [2.24, 2.45) is 0 Å². The molecule has 3 heteroatoms. The topological polar surface area (TPSA) is 30.3 Å². The molecule has 0 amide bonds. The van der Waals surface area contributed by atoms with Gasteiger partial charge in [-0.1, -0.05) is 30.3 Å². The molecule has 19 heavy (non-hydrogen) atoms. The van der Waals surface area contributed by atoms with E-state index < -0.39 is 0 Å². The Hall–Kier alpha value is -0.900. The molecule has 1 aliphatic heterocycles. The Morgan fingerprint density at radius 2 is 1.95 bits per heavy atom. The third kappa shape index (κ3) is 5.31. The van der Waals surface area contributed by atoms with Gasteiger partial charge in [-0.25, -0.2) is 0 Å². The molecule has 3 nitrogen and oxygen atoms in total. The molecule has 1 aliphatic rings. The molecule has 2 rings (SSSR count). The van der Waals surface area contributed by atoms with Crippen LogP contribution in [0.3, 0.4) is 0 Å². The van der Waals surface area contributed by atoms with E-state index in [-0.39, 0.29) is 0 Å². The lowest BCUT2D eigenvalue weighted by Gasteiger charge is -2.28. The van der Waals surface area contributed by atoms with Crippen molar-refractivity contribution in [2.75, 3.05) is 33.4 Å². The lowest BCUT2D eigenvalue weighted by molar-refractivity contribution is -0.926. The monoisotopic (exact) mass is 264 g/mol. The van der Waals surface area contributed by atoms with Crippen LogP contribution in [0.25, 0.3) is 0 Å². The number of hydrogen-bond donors (Lipinski definition) is 2. The fourth-order valence-corrected chi connectivity index (χ4v) is 2.93. The zero-order valence-electron chi connectivity index (χ0n) is 12.1. The van der Waals surface area contributed by atoms with Gasteiger partial charge in [0.1, 0.15) is 6.54 Å². The van der Waals surface area contributed by atoms with E-state index in [1.54, 1.807) is 12.0 Å². The third-order valence-electron chi connectivity index (χ3n) is 4.09. The van der Waals surface area contributed by atoms with Crippen molar-refractivity contribution in [1.29, 1.82) is 0 Å². The van der Waals surface area contributed by atoms with Crippen LogP contribution in [-0.4, -0.2) is 39.4 Å². The normalized spacial score (nSPS) is 23.4. The number of methoxy groups -OCH3 is 1. The molecule has 1 aromatic rings. The molecule has 0 atom stereocenters. The van der Waals surface area contributed by atoms with Crippen LogP contribution in [0.15, 0.2) is 30.3 Å². The summed E-state index contributed by atoms with van der Waals surface area (Å²) in [7, 11) is 1.78. The molecule has 0 bridgehead atoms. The van der Waals surface area contributed by atoms with Gasteiger partial charge in [0.15, 0.2) is 0 Å². The molecule has 0 radical (unpaired) electrons. The summed E-state index contributed by atoms with van der Waals surface area (Å²) in [6.45, 7) is 5.94. The van der Waals surface area contributed by atoms with Gasteiger partial charge in [0.2, 0.25) is 0 Å². The minimum Gasteiger partial charge on any atom is -0.384 e. The molecule has 0 unspecified atom stereocenters. The van der Waals surface area contributed by atoms with Crippen LogP contribution in [0.1, 0.15) is 24.8 Å². The van der Waals surface area contributed by atoms with Crippen LogP contribution in [0.4, 0.5) is 0 Å². The van der Waals surface area contributed by atoms with Crippen LogP contribution < -0.4 is 10.2 Å². The van der Waals surface area contributed by atoms with Crippen LogP contribution in [0.2, 0.25) is 0 Å². The summed E-state index contributed by atoms with van der Waals surface area (Å²) >= 11 is 0. The predicted molar refractivity (Wildman–Crippen MR) is 77.2 cm³/mol. The average Bonchev–Trinajstić information content (AvgIpc) is 2.46. The fraction of sp³-hybridized carbons (Fsp3) is 0.625. The minimum absolute atomic E-state index is 0.844. The number of nitrogens with one attached hydrogen (secondary N) is 1. The van der Waals surface area contributed by atoms with Crippen LogP contribution in [-0.2, 0) is 11.3 Å². The molecule has 0 saturated carbocycles. The largest absolute Gasteiger partial charge is 0.384 e. The van der Waals surface area contributed by atoms with Crippen molar-refractivity contribution in [3.05, 3.63) is 35.9 Å². The van der Waals surface area contributed by atoms with Gasteiger partial charge >= 0.3 is 0 Å². The number of nitrogens with two attached hydrogens (primary N) is 1. The van der Waals surface area contributed by atoms with Gasteiger partial charge in [0.25, 0.3) is 0 Å². The second kappa shape index (κ2) is 8.31. The summed E-state index contributed by atoms with van der Waals surface area (Å²) in [6, 6.07) is 11.7. The molecule has 1 fully saturated rings. The van der Waals surface area contributed by atoms with Crippen molar-refractivity contribution in [1.82, 2.24) is 0 Å². The number of hydrogen-bond acceptors (Lipinski definition) is 1. The van der Waals surface area contributed by atoms with Gasteiger partial charge < -0.3 is 15.0 Å². The Balaban J connectivity index is 1.62. The van der Waals surface area contributed by atoms with E-state index in [4.69, 9.17) is 4.74 Å². The summed E-state index contributed by atoms with van der Waals surface area (Å²) in [5.41, 5.74) is 1.47. The molecule has 0 aromatic heterocycles. The first-order chi connectivity index (χ1) is 9.38. The Morgan fingerprint density at radius 3 is 2.63 bits per heavy atom. The molecule has 1 heterocycles. The summed E-state index contributed by atoms with van der Waals surface area (Å²) < 4.78 is 5.09. The first-order valence-electron chi connectivity index (χ1n) is 7.58. The number of likely N-dealkylation sites (tertiary alicyclic amines) is 1.